The summed E-state index contributed by atoms with van der Waals surface area (Å²) >= 11 is 0. The van der Waals surface area contributed by atoms with E-state index in [1.165, 1.54) is 24.8 Å². The molecule has 2 heterocycles. The highest BCUT2D eigenvalue weighted by atomic mass is 16.2. The highest BCUT2D eigenvalue weighted by Gasteiger charge is 2.57. The van der Waals surface area contributed by atoms with E-state index < -0.39 is 0 Å². The number of nitrogens with zero attached hydrogens (tertiary/aromatic N) is 2. The maximum absolute atomic E-state index is 12.2. The standard InChI is InChI=1S/C16H23N3O/c1-11(20)19-13-10-18-14(17)9-12(13)16(15(19,2)3)7-5-4-6-8-16/h9-10H,4-8H2,1-3H3,(H2,17,18). The molecule has 1 saturated carbocycles. The molecule has 0 bridgehead atoms. The Kier molecular flexibility index (Phi) is 2.82. The topological polar surface area (TPSA) is 59.2 Å². The zero-order valence-electron chi connectivity index (χ0n) is 12.6. The molecule has 20 heavy (non-hydrogen) atoms. The molecule has 4 nitrogen and oxygen atoms in total. The lowest BCUT2D eigenvalue weighted by atomic mass is 9.61. The van der Waals surface area contributed by atoms with Crippen molar-refractivity contribution in [1.29, 1.82) is 0 Å². The van der Waals surface area contributed by atoms with Gasteiger partial charge in [0.25, 0.3) is 0 Å². The van der Waals surface area contributed by atoms with Gasteiger partial charge in [0.2, 0.25) is 5.91 Å². The van der Waals surface area contributed by atoms with Gasteiger partial charge >= 0.3 is 0 Å². The van der Waals surface area contributed by atoms with Crippen LogP contribution in [0.1, 0.15) is 58.4 Å². The Balaban J connectivity index is 2.25. The minimum Gasteiger partial charge on any atom is -0.384 e. The molecule has 1 fully saturated rings. The third kappa shape index (κ3) is 1.54. The Labute approximate surface area is 120 Å². The molecule has 1 spiro atoms. The van der Waals surface area contributed by atoms with E-state index in [0.717, 1.165) is 18.5 Å². The van der Waals surface area contributed by atoms with Crippen molar-refractivity contribution in [3.8, 4) is 0 Å². The highest BCUT2D eigenvalue weighted by molar-refractivity contribution is 5.96. The molecule has 0 aromatic carbocycles. The monoisotopic (exact) mass is 273 g/mol. The molecule has 2 aliphatic rings. The predicted octanol–water partition coefficient (Wildman–Crippen LogP) is 3.01. The van der Waals surface area contributed by atoms with Gasteiger partial charge in [-0.05, 0) is 38.3 Å². The molecular formula is C16H23N3O. The van der Waals surface area contributed by atoms with E-state index in [1.54, 1.807) is 13.1 Å². The second-order valence-electron chi connectivity index (χ2n) is 6.68. The van der Waals surface area contributed by atoms with Crippen molar-refractivity contribution in [2.75, 3.05) is 10.6 Å². The largest absolute Gasteiger partial charge is 0.384 e. The average Bonchev–Trinajstić information content (AvgIpc) is 2.57. The third-order valence-corrected chi connectivity index (χ3v) is 5.41. The van der Waals surface area contributed by atoms with Gasteiger partial charge in [0, 0.05) is 12.3 Å². The van der Waals surface area contributed by atoms with Crippen LogP contribution in [-0.4, -0.2) is 16.4 Å². The number of amides is 1. The number of fused-ring (bicyclic) bond motifs is 2. The van der Waals surface area contributed by atoms with E-state index in [9.17, 15) is 4.79 Å². The maximum atomic E-state index is 12.2. The fraction of sp³-hybridized carbons (Fsp3) is 0.625. The van der Waals surface area contributed by atoms with Crippen LogP contribution in [0.15, 0.2) is 12.3 Å². The Morgan fingerprint density at radius 3 is 2.55 bits per heavy atom. The lowest BCUT2D eigenvalue weighted by molar-refractivity contribution is -0.118. The van der Waals surface area contributed by atoms with Gasteiger partial charge in [0.15, 0.2) is 0 Å². The Hall–Kier alpha value is -1.58. The first kappa shape index (κ1) is 13.4. The first-order valence-corrected chi connectivity index (χ1v) is 7.47. The van der Waals surface area contributed by atoms with Gasteiger partial charge in [-0.1, -0.05) is 19.3 Å². The molecule has 2 N–H and O–H groups in total. The van der Waals surface area contributed by atoms with Crippen LogP contribution in [0.3, 0.4) is 0 Å². The van der Waals surface area contributed by atoms with Gasteiger partial charge in [-0.25, -0.2) is 4.98 Å². The Morgan fingerprint density at radius 2 is 1.95 bits per heavy atom. The summed E-state index contributed by atoms with van der Waals surface area (Å²) in [5.41, 5.74) is 7.92. The van der Waals surface area contributed by atoms with Crippen molar-refractivity contribution in [1.82, 2.24) is 4.98 Å². The van der Waals surface area contributed by atoms with Gasteiger partial charge in [-0.3, -0.25) is 4.79 Å². The normalized spacial score (nSPS) is 22.9. The highest BCUT2D eigenvalue weighted by Crippen LogP contribution is 2.58. The molecule has 0 saturated heterocycles. The Bertz CT molecular complexity index is 559. The average molecular weight is 273 g/mol. The van der Waals surface area contributed by atoms with Gasteiger partial charge < -0.3 is 10.6 Å². The number of hydrogen-bond acceptors (Lipinski definition) is 3. The van der Waals surface area contributed by atoms with E-state index in [1.807, 2.05) is 11.0 Å². The SMILES string of the molecule is CC(=O)N1c2cnc(N)cc2C2(CCCCC2)C1(C)C. The molecule has 108 valence electrons. The summed E-state index contributed by atoms with van der Waals surface area (Å²) in [6.07, 6.45) is 7.75. The fourth-order valence-corrected chi connectivity index (χ4v) is 4.47. The van der Waals surface area contributed by atoms with Crippen LogP contribution in [0.25, 0.3) is 0 Å². The second kappa shape index (κ2) is 4.21. The lowest BCUT2D eigenvalue weighted by Gasteiger charge is -2.47. The minimum atomic E-state index is -0.211. The predicted molar refractivity (Wildman–Crippen MR) is 80.7 cm³/mol. The zero-order valence-corrected chi connectivity index (χ0v) is 12.6. The van der Waals surface area contributed by atoms with Crippen molar-refractivity contribution in [3.63, 3.8) is 0 Å². The molecule has 1 aromatic rings. The van der Waals surface area contributed by atoms with Crippen LogP contribution in [0, 0.1) is 0 Å². The molecule has 0 unspecified atom stereocenters. The van der Waals surface area contributed by atoms with Crippen molar-refractivity contribution in [2.45, 2.75) is 63.8 Å². The number of hydrogen-bond donors (Lipinski definition) is 1. The van der Waals surface area contributed by atoms with E-state index in [4.69, 9.17) is 5.73 Å². The smallest absolute Gasteiger partial charge is 0.224 e. The summed E-state index contributed by atoms with van der Waals surface area (Å²) in [7, 11) is 0. The van der Waals surface area contributed by atoms with Gasteiger partial charge in [0.05, 0.1) is 17.4 Å². The summed E-state index contributed by atoms with van der Waals surface area (Å²) in [6.45, 7) is 6.02. The summed E-state index contributed by atoms with van der Waals surface area (Å²) in [5, 5.41) is 0. The number of pyridine rings is 1. The zero-order chi connectivity index (χ0) is 14.5. The summed E-state index contributed by atoms with van der Waals surface area (Å²) < 4.78 is 0. The van der Waals surface area contributed by atoms with Crippen LogP contribution in [0.5, 0.6) is 0 Å². The van der Waals surface area contributed by atoms with E-state index in [0.29, 0.717) is 5.82 Å². The molecule has 1 aromatic heterocycles. The molecule has 1 amide bonds. The van der Waals surface area contributed by atoms with Crippen LogP contribution >= 0.6 is 0 Å². The number of carbonyl (C=O) groups is 1. The molecule has 0 atom stereocenters. The van der Waals surface area contributed by atoms with Crippen LogP contribution in [-0.2, 0) is 10.2 Å². The quantitative estimate of drug-likeness (QED) is 0.790. The number of nitrogens with two attached hydrogens (primary N) is 1. The van der Waals surface area contributed by atoms with Crippen molar-refractivity contribution < 1.29 is 4.79 Å². The second-order valence-corrected chi connectivity index (χ2v) is 6.68. The van der Waals surface area contributed by atoms with Gasteiger partial charge in [-0.15, -0.1) is 0 Å². The maximum Gasteiger partial charge on any atom is 0.224 e. The third-order valence-electron chi connectivity index (χ3n) is 5.41. The summed E-state index contributed by atoms with van der Waals surface area (Å²) in [4.78, 5) is 18.3. The minimum absolute atomic E-state index is 0.0311. The van der Waals surface area contributed by atoms with Crippen LogP contribution in [0.2, 0.25) is 0 Å². The molecule has 1 aliphatic carbocycles. The summed E-state index contributed by atoms with van der Waals surface area (Å²) in [5.74, 6) is 0.639. The number of aromatic nitrogens is 1. The van der Waals surface area contributed by atoms with Gasteiger partial charge in [0.1, 0.15) is 5.82 Å². The summed E-state index contributed by atoms with van der Waals surface area (Å²) in [6, 6.07) is 1.99. The van der Waals surface area contributed by atoms with Crippen molar-refractivity contribution in [3.05, 3.63) is 17.8 Å². The Morgan fingerprint density at radius 1 is 1.30 bits per heavy atom. The van der Waals surface area contributed by atoms with Crippen LogP contribution < -0.4 is 10.6 Å². The number of anilines is 2. The molecular weight excluding hydrogens is 250 g/mol. The first-order chi connectivity index (χ1) is 9.40. The number of carbonyl (C=O) groups excluding carboxylic acids is 1. The molecule has 4 heteroatoms. The fourth-order valence-electron chi connectivity index (χ4n) is 4.47. The van der Waals surface area contributed by atoms with Crippen molar-refractivity contribution in [2.24, 2.45) is 0 Å². The first-order valence-electron chi connectivity index (χ1n) is 7.47. The molecule has 0 radical (unpaired) electrons. The number of rotatable bonds is 0. The molecule has 1 aliphatic heterocycles. The van der Waals surface area contributed by atoms with E-state index in [2.05, 4.69) is 18.8 Å². The van der Waals surface area contributed by atoms with Gasteiger partial charge in [-0.2, -0.15) is 0 Å². The van der Waals surface area contributed by atoms with E-state index in [-0.39, 0.29) is 16.9 Å². The number of nitrogen functional groups attached to an aromatic ring is 1. The lowest BCUT2D eigenvalue weighted by Crippen LogP contribution is -2.56. The van der Waals surface area contributed by atoms with Crippen LogP contribution in [0.4, 0.5) is 11.5 Å². The van der Waals surface area contributed by atoms with E-state index >= 15 is 0 Å². The molecule has 3 rings (SSSR count). The van der Waals surface area contributed by atoms with Crippen molar-refractivity contribution >= 4 is 17.4 Å².